The molecule has 1 aliphatic carbocycles. The third-order valence-electron chi connectivity index (χ3n) is 3.26. The minimum absolute atomic E-state index is 0.120. The second kappa shape index (κ2) is 7.63. The normalized spacial score (nSPS) is 25.4. The summed E-state index contributed by atoms with van der Waals surface area (Å²) in [4.78, 5) is 11.5. The molecule has 0 aromatic carbocycles. The van der Waals surface area contributed by atoms with E-state index in [1.165, 1.54) is 0 Å². The van der Waals surface area contributed by atoms with Crippen LogP contribution in [0.25, 0.3) is 0 Å². The lowest BCUT2D eigenvalue weighted by Crippen LogP contribution is -2.29. The summed E-state index contributed by atoms with van der Waals surface area (Å²) in [6.45, 7) is 0.724. The average molecular weight is 229 g/mol. The number of carbonyl (C=O) groups is 1. The van der Waals surface area contributed by atoms with Crippen molar-refractivity contribution in [2.45, 2.75) is 44.6 Å². The van der Waals surface area contributed by atoms with Crippen LogP contribution in [0.2, 0.25) is 0 Å². The van der Waals surface area contributed by atoms with E-state index in [2.05, 4.69) is 5.32 Å². The van der Waals surface area contributed by atoms with Crippen LogP contribution in [-0.2, 0) is 9.53 Å². The Morgan fingerprint density at radius 2 is 2.06 bits per heavy atom. The van der Waals surface area contributed by atoms with Crippen LogP contribution in [0, 0.1) is 5.92 Å². The summed E-state index contributed by atoms with van der Waals surface area (Å²) in [5, 5.41) is 11.4. The predicted octanol–water partition coefficient (Wildman–Crippen LogP) is 1.08. The fourth-order valence-electron chi connectivity index (χ4n) is 2.21. The minimum atomic E-state index is 0.120. The molecule has 4 heteroatoms. The van der Waals surface area contributed by atoms with Gasteiger partial charge in [-0.05, 0) is 38.0 Å². The molecule has 0 saturated heterocycles. The molecule has 0 unspecified atom stereocenters. The summed E-state index contributed by atoms with van der Waals surface area (Å²) < 4.78 is 5.30. The van der Waals surface area contributed by atoms with Crippen molar-refractivity contribution < 1.29 is 14.6 Å². The van der Waals surface area contributed by atoms with Crippen LogP contribution in [0.5, 0.6) is 0 Å². The van der Waals surface area contributed by atoms with Crippen LogP contribution in [0.4, 0.5) is 0 Å². The summed E-state index contributed by atoms with van der Waals surface area (Å²) in [6, 6.07) is 0. The average Bonchev–Trinajstić information content (AvgIpc) is 2.30. The molecular weight excluding hydrogens is 206 g/mol. The first-order chi connectivity index (χ1) is 7.76. The summed E-state index contributed by atoms with van der Waals surface area (Å²) in [7, 11) is 1.76. The molecule has 16 heavy (non-hydrogen) atoms. The molecule has 1 amide bonds. The van der Waals surface area contributed by atoms with Gasteiger partial charge >= 0.3 is 0 Å². The Morgan fingerprint density at radius 3 is 2.62 bits per heavy atom. The van der Waals surface area contributed by atoms with Gasteiger partial charge in [-0.25, -0.2) is 0 Å². The zero-order chi connectivity index (χ0) is 11.8. The van der Waals surface area contributed by atoms with Gasteiger partial charge < -0.3 is 15.2 Å². The third-order valence-corrected chi connectivity index (χ3v) is 3.26. The molecule has 1 fully saturated rings. The van der Waals surface area contributed by atoms with E-state index in [-0.39, 0.29) is 12.5 Å². The van der Waals surface area contributed by atoms with Crippen LogP contribution in [0.3, 0.4) is 0 Å². The summed E-state index contributed by atoms with van der Waals surface area (Å²) in [6.07, 6.45) is 5.99. The number of hydrogen-bond acceptors (Lipinski definition) is 3. The van der Waals surface area contributed by atoms with Crippen molar-refractivity contribution >= 4 is 5.91 Å². The number of ether oxygens (including phenoxy) is 1. The molecule has 0 bridgehead atoms. The number of hydrogen-bond donors (Lipinski definition) is 2. The first kappa shape index (κ1) is 13.5. The number of carbonyl (C=O) groups excluding carboxylic acids is 1. The van der Waals surface area contributed by atoms with Gasteiger partial charge in [0.25, 0.3) is 0 Å². The predicted molar refractivity (Wildman–Crippen MR) is 62.1 cm³/mol. The number of methoxy groups -OCH3 is 1. The minimum Gasteiger partial charge on any atom is -0.396 e. The molecule has 0 spiro atoms. The smallest absolute Gasteiger partial charge is 0.220 e. The summed E-state index contributed by atoms with van der Waals surface area (Å²) in [5.41, 5.74) is 0. The van der Waals surface area contributed by atoms with E-state index < -0.39 is 0 Å². The van der Waals surface area contributed by atoms with E-state index >= 15 is 0 Å². The van der Waals surface area contributed by atoms with Crippen molar-refractivity contribution in [1.29, 1.82) is 0 Å². The lowest BCUT2D eigenvalue weighted by Gasteiger charge is -2.27. The highest BCUT2D eigenvalue weighted by molar-refractivity contribution is 5.76. The van der Waals surface area contributed by atoms with Gasteiger partial charge in [-0.1, -0.05) is 0 Å². The molecule has 0 aromatic rings. The number of aliphatic hydroxyl groups excluding tert-OH is 1. The molecule has 94 valence electrons. The van der Waals surface area contributed by atoms with E-state index in [1.807, 2.05) is 0 Å². The molecule has 4 nitrogen and oxygen atoms in total. The van der Waals surface area contributed by atoms with E-state index in [9.17, 15) is 4.79 Å². The number of aliphatic hydroxyl groups is 1. The Bertz CT molecular complexity index is 200. The monoisotopic (exact) mass is 229 g/mol. The number of rotatable bonds is 6. The second-order valence-electron chi connectivity index (χ2n) is 4.51. The molecule has 0 atom stereocenters. The van der Waals surface area contributed by atoms with Crippen molar-refractivity contribution in [3.05, 3.63) is 0 Å². The van der Waals surface area contributed by atoms with Crippen molar-refractivity contribution in [2.24, 2.45) is 5.92 Å². The van der Waals surface area contributed by atoms with Gasteiger partial charge in [0.1, 0.15) is 0 Å². The molecule has 0 aromatic heterocycles. The van der Waals surface area contributed by atoms with Gasteiger partial charge in [0.05, 0.1) is 6.10 Å². The van der Waals surface area contributed by atoms with Gasteiger partial charge in [-0.15, -0.1) is 0 Å². The SMILES string of the molecule is COC1CCC(CC(=O)NCCCO)CC1. The van der Waals surface area contributed by atoms with E-state index in [0.717, 1.165) is 25.7 Å². The maximum atomic E-state index is 11.5. The lowest BCUT2D eigenvalue weighted by molar-refractivity contribution is -0.122. The molecular formula is C12H23NO3. The van der Waals surface area contributed by atoms with Crippen LogP contribution in [0.15, 0.2) is 0 Å². The summed E-state index contributed by atoms with van der Waals surface area (Å²) >= 11 is 0. The van der Waals surface area contributed by atoms with Gasteiger partial charge in [0.2, 0.25) is 5.91 Å². The lowest BCUT2D eigenvalue weighted by atomic mass is 9.85. The molecule has 2 N–H and O–H groups in total. The first-order valence-corrected chi connectivity index (χ1v) is 6.16. The van der Waals surface area contributed by atoms with Crippen molar-refractivity contribution in [1.82, 2.24) is 5.32 Å². The van der Waals surface area contributed by atoms with Gasteiger partial charge in [-0.3, -0.25) is 4.79 Å². The maximum absolute atomic E-state index is 11.5. The fraction of sp³-hybridized carbons (Fsp3) is 0.917. The van der Waals surface area contributed by atoms with E-state index in [4.69, 9.17) is 9.84 Å². The molecule has 1 rings (SSSR count). The van der Waals surface area contributed by atoms with Crippen molar-refractivity contribution in [3.63, 3.8) is 0 Å². The molecule has 1 aliphatic rings. The van der Waals surface area contributed by atoms with E-state index in [1.54, 1.807) is 7.11 Å². The maximum Gasteiger partial charge on any atom is 0.220 e. The van der Waals surface area contributed by atoms with E-state index in [0.29, 0.717) is 31.4 Å². The Kier molecular flexibility index (Phi) is 6.42. The second-order valence-corrected chi connectivity index (χ2v) is 4.51. The highest BCUT2D eigenvalue weighted by Gasteiger charge is 2.22. The topological polar surface area (TPSA) is 58.6 Å². The summed E-state index contributed by atoms with van der Waals surface area (Å²) in [5.74, 6) is 0.634. The molecule has 0 heterocycles. The Labute approximate surface area is 97.4 Å². The molecule has 0 radical (unpaired) electrons. The molecule has 0 aliphatic heterocycles. The van der Waals surface area contributed by atoms with Gasteiger partial charge in [-0.2, -0.15) is 0 Å². The Balaban J connectivity index is 2.10. The van der Waals surface area contributed by atoms with Crippen LogP contribution in [-0.4, -0.2) is 37.4 Å². The van der Waals surface area contributed by atoms with Crippen molar-refractivity contribution in [3.8, 4) is 0 Å². The molecule has 1 saturated carbocycles. The number of amides is 1. The standard InChI is InChI=1S/C12H23NO3/c1-16-11-5-3-10(4-6-11)9-12(15)13-7-2-8-14/h10-11,14H,2-9H2,1H3,(H,13,15). The quantitative estimate of drug-likeness (QED) is 0.670. The zero-order valence-electron chi connectivity index (χ0n) is 10.1. The van der Waals surface area contributed by atoms with Crippen LogP contribution in [0.1, 0.15) is 38.5 Å². The van der Waals surface area contributed by atoms with Gasteiger partial charge in [0.15, 0.2) is 0 Å². The van der Waals surface area contributed by atoms with Crippen LogP contribution < -0.4 is 5.32 Å². The fourth-order valence-corrected chi connectivity index (χ4v) is 2.21. The van der Waals surface area contributed by atoms with Crippen LogP contribution >= 0.6 is 0 Å². The van der Waals surface area contributed by atoms with Crippen molar-refractivity contribution in [2.75, 3.05) is 20.3 Å². The highest BCUT2D eigenvalue weighted by atomic mass is 16.5. The zero-order valence-corrected chi connectivity index (χ0v) is 10.1. The first-order valence-electron chi connectivity index (χ1n) is 6.16. The van der Waals surface area contributed by atoms with Gasteiger partial charge in [0, 0.05) is 26.7 Å². The Morgan fingerprint density at radius 1 is 1.38 bits per heavy atom. The Hall–Kier alpha value is -0.610. The highest BCUT2D eigenvalue weighted by Crippen LogP contribution is 2.27. The third kappa shape index (κ3) is 4.94. The largest absolute Gasteiger partial charge is 0.396 e. The number of nitrogens with one attached hydrogen (secondary N) is 1.